The van der Waals surface area contributed by atoms with Crippen LogP contribution in [0.2, 0.25) is 0 Å². The highest BCUT2D eigenvalue weighted by atomic mass is 16.6. The van der Waals surface area contributed by atoms with Crippen molar-refractivity contribution in [3.63, 3.8) is 0 Å². The predicted octanol–water partition coefficient (Wildman–Crippen LogP) is 1.25. The van der Waals surface area contributed by atoms with Crippen LogP contribution in [0.15, 0.2) is 0 Å². The first-order valence-electron chi connectivity index (χ1n) is 5.31. The van der Waals surface area contributed by atoms with E-state index < -0.39 is 18.3 Å². The van der Waals surface area contributed by atoms with Crippen LogP contribution in [0.5, 0.6) is 0 Å². The maximum Gasteiger partial charge on any atom is 0.410 e. The van der Waals surface area contributed by atoms with E-state index in [-0.39, 0.29) is 13.2 Å². The molecule has 13 heavy (non-hydrogen) atoms. The summed E-state index contributed by atoms with van der Waals surface area (Å²) in [7, 11) is 0. The molecule has 1 heterocycles. The van der Waals surface area contributed by atoms with E-state index in [4.69, 9.17) is 12.2 Å². The molecule has 1 saturated heterocycles. The van der Waals surface area contributed by atoms with Gasteiger partial charge in [0.2, 0.25) is 0 Å². The van der Waals surface area contributed by atoms with Gasteiger partial charge in [-0.2, -0.15) is 0 Å². The van der Waals surface area contributed by atoms with E-state index in [1.54, 1.807) is 20.8 Å². The van der Waals surface area contributed by atoms with Crippen LogP contribution in [0.25, 0.3) is 0 Å². The maximum absolute atomic E-state index is 11.6. The van der Waals surface area contributed by atoms with Crippen LogP contribution in [0, 0.1) is 0 Å². The Morgan fingerprint density at radius 2 is 2.23 bits per heavy atom. The quantitative estimate of drug-likeness (QED) is 0.575. The van der Waals surface area contributed by atoms with Gasteiger partial charge in [0.15, 0.2) is 0 Å². The molecule has 4 nitrogen and oxygen atoms in total. The molecule has 1 aliphatic heterocycles. The van der Waals surface area contributed by atoms with Crippen LogP contribution in [-0.2, 0) is 9.47 Å². The molecule has 0 radical (unpaired) electrons. The molecule has 0 spiro atoms. The number of morpholine rings is 1. The molecule has 0 aliphatic carbocycles. The Hall–Kier alpha value is -0.770. The molecule has 1 amide bonds. The average molecular weight is 189 g/mol. The lowest BCUT2D eigenvalue weighted by Crippen LogP contribution is -2.43. The normalized spacial score (nSPS) is 24.7. The zero-order valence-electron chi connectivity index (χ0n) is 10.3. The Morgan fingerprint density at radius 3 is 2.77 bits per heavy atom. The van der Waals surface area contributed by atoms with Crippen LogP contribution in [0.1, 0.15) is 23.5 Å². The molecule has 0 N–H and O–H groups in total. The highest BCUT2D eigenvalue weighted by molar-refractivity contribution is 5.68. The van der Waals surface area contributed by atoms with Gasteiger partial charge in [-0.05, 0) is 20.8 Å². The molecule has 0 atom stereocenters. The van der Waals surface area contributed by atoms with Gasteiger partial charge in [-0.15, -0.1) is 0 Å². The molecule has 0 unspecified atom stereocenters. The number of rotatable bonds is 0. The number of carbonyl (C=O) groups excluding carboxylic acids is 1. The van der Waals surface area contributed by atoms with Crippen molar-refractivity contribution >= 4 is 6.09 Å². The zero-order chi connectivity index (χ0) is 11.7. The first-order valence-corrected chi connectivity index (χ1v) is 4.31. The third-order valence-corrected chi connectivity index (χ3v) is 1.47. The summed E-state index contributed by atoms with van der Waals surface area (Å²) >= 11 is 0. The molecule has 0 saturated carbocycles. The molecule has 0 bridgehead atoms. The number of amides is 1. The van der Waals surface area contributed by atoms with Crippen molar-refractivity contribution < 1.29 is 17.0 Å². The van der Waals surface area contributed by atoms with Crippen molar-refractivity contribution in [1.82, 2.24) is 4.90 Å². The summed E-state index contributed by atoms with van der Waals surface area (Å²) in [6.07, 6.45) is -0.491. The zero-order valence-corrected chi connectivity index (χ0v) is 8.29. The molecule has 0 aromatic heterocycles. The highest BCUT2D eigenvalue weighted by Crippen LogP contribution is 2.10. The maximum atomic E-state index is 11.6. The Balaban J connectivity index is 2.53. The van der Waals surface area contributed by atoms with Gasteiger partial charge < -0.3 is 14.4 Å². The number of ether oxygens (including phenoxy) is 2. The molecule has 0 aromatic carbocycles. The lowest BCUT2D eigenvalue weighted by atomic mass is 10.2. The number of hydrogen-bond acceptors (Lipinski definition) is 3. The lowest BCUT2D eigenvalue weighted by molar-refractivity contribution is -0.00676. The molecule has 1 fully saturated rings. The average Bonchev–Trinajstić information content (AvgIpc) is 1.99. The third-order valence-electron chi connectivity index (χ3n) is 1.47. The van der Waals surface area contributed by atoms with Crippen LogP contribution in [0.3, 0.4) is 0 Å². The second kappa shape index (κ2) is 3.96. The minimum absolute atomic E-state index is 0.0814. The molecular formula is C9H17NO3. The van der Waals surface area contributed by atoms with E-state index in [2.05, 4.69) is 0 Å². The van der Waals surface area contributed by atoms with Gasteiger partial charge in [0.25, 0.3) is 0 Å². The van der Waals surface area contributed by atoms with Gasteiger partial charge in [-0.1, -0.05) is 0 Å². The van der Waals surface area contributed by atoms with E-state index in [0.717, 1.165) is 0 Å². The summed E-state index contributed by atoms with van der Waals surface area (Å²) < 4.78 is 24.7. The van der Waals surface area contributed by atoms with Crippen molar-refractivity contribution in [3.05, 3.63) is 0 Å². The van der Waals surface area contributed by atoms with Gasteiger partial charge in [0.05, 0.1) is 15.9 Å². The molecular weight excluding hydrogens is 170 g/mol. The second-order valence-electron chi connectivity index (χ2n) is 3.89. The topological polar surface area (TPSA) is 38.8 Å². The fourth-order valence-electron chi connectivity index (χ4n) is 0.913. The summed E-state index contributed by atoms with van der Waals surface area (Å²) in [5, 5.41) is 0. The first kappa shape index (κ1) is 7.62. The van der Waals surface area contributed by atoms with Crippen molar-refractivity contribution in [3.8, 4) is 0 Å². The number of nitrogens with zero attached hydrogens (tertiary/aromatic N) is 1. The van der Waals surface area contributed by atoms with Crippen molar-refractivity contribution in [2.75, 3.05) is 26.3 Å². The first-order chi connectivity index (χ1) is 6.70. The molecule has 76 valence electrons. The van der Waals surface area contributed by atoms with Crippen LogP contribution < -0.4 is 0 Å². The third kappa shape index (κ3) is 3.63. The summed E-state index contributed by atoms with van der Waals surface area (Å²) in [5.74, 6) is 0. The van der Waals surface area contributed by atoms with E-state index in [1.165, 1.54) is 4.90 Å². The minimum Gasteiger partial charge on any atom is -0.444 e. The largest absolute Gasteiger partial charge is 0.444 e. The van der Waals surface area contributed by atoms with E-state index >= 15 is 0 Å². The van der Waals surface area contributed by atoms with Gasteiger partial charge in [-0.3, -0.25) is 0 Å². The standard InChI is InChI=1S/C9H17NO3/c1-9(2,3)13-8(11)10-4-6-12-7-5-10/h4-7H2,1-3H3/i6D2. The Labute approximate surface area is 81.6 Å². The molecule has 1 aliphatic rings. The summed E-state index contributed by atoms with van der Waals surface area (Å²) in [5.41, 5.74) is -0.553. The molecule has 1 rings (SSSR count). The monoisotopic (exact) mass is 189 g/mol. The van der Waals surface area contributed by atoms with Crippen molar-refractivity contribution in [1.29, 1.82) is 0 Å². The number of carbonyl (C=O) groups is 1. The van der Waals surface area contributed by atoms with Crippen LogP contribution in [-0.4, -0.2) is 42.8 Å². The van der Waals surface area contributed by atoms with Gasteiger partial charge >= 0.3 is 6.09 Å². The van der Waals surface area contributed by atoms with Gasteiger partial charge in [0, 0.05) is 13.1 Å². The van der Waals surface area contributed by atoms with Crippen LogP contribution >= 0.6 is 0 Å². The van der Waals surface area contributed by atoms with E-state index in [9.17, 15) is 4.79 Å². The van der Waals surface area contributed by atoms with Gasteiger partial charge in [0.1, 0.15) is 5.60 Å². The fraction of sp³-hybridized carbons (Fsp3) is 0.889. The Kier molecular flexibility index (Phi) is 2.32. The summed E-state index contributed by atoms with van der Waals surface area (Å²) in [6.45, 7) is 4.05. The Morgan fingerprint density at radius 1 is 1.54 bits per heavy atom. The molecule has 4 heteroatoms. The van der Waals surface area contributed by atoms with Crippen molar-refractivity contribution in [2.45, 2.75) is 26.4 Å². The fourth-order valence-corrected chi connectivity index (χ4v) is 0.913. The highest BCUT2D eigenvalue weighted by Gasteiger charge is 2.23. The summed E-state index contributed by atoms with van der Waals surface area (Å²) in [6, 6.07) is 0. The predicted molar refractivity (Wildman–Crippen MR) is 48.6 cm³/mol. The lowest BCUT2D eigenvalue weighted by Gasteiger charge is -2.29. The SMILES string of the molecule is [2H]C1([2H])CN(C(=O)OC(C)(C)C)CCO1. The minimum atomic E-state index is -1.77. The molecule has 0 aromatic rings. The second-order valence-corrected chi connectivity index (χ2v) is 3.89. The van der Waals surface area contributed by atoms with E-state index in [1.807, 2.05) is 0 Å². The summed E-state index contributed by atoms with van der Waals surface area (Å²) in [4.78, 5) is 12.9. The smallest absolute Gasteiger partial charge is 0.410 e. The number of hydrogen-bond donors (Lipinski definition) is 0. The Bertz CT molecular complexity index is 250. The van der Waals surface area contributed by atoms with Crippen LogP contribution in [0.4, 0.5) is 4.79 Å². The van der Waals surface area contributed by atoms with Gasteiger partial charge in [-0.25, -0.2) is 4.79 Å². The van der Waals surface area contributed by atoms with Crippen molar-refractivity contribution in [2.24, 2.45) is 0 Å². The van der Waals surface area contributed by atoms with E-state index in [0.29, 0.717) is 6.54 Å².